The fourth-order valence-corrected chi connectivity index (χ4v) is 2.37. The number of hydrogen-bond acceptors (Lipinski definition) is 2. The number of carbonyl (C=O) groups is 2. The average molecular weight is 290 g/mol. The van der Waals surface area contributed by atoms with Crippen molar-refractivity contribution in [2.45, 2.75) is 6.92 Å². The van der Waals surface area contributed by atoms with Gasteiger partial charge in [-0.2, -0.15) is 0 Å². The van der Waals surface area contributed by atoms with Crippen molar-refractivity contribution < 1.29 is 14.0 Å². The van der Waals surface area contributed by atoms with Crippen LogP contribution in [0.25, 0.3) is 0 Å². The second-order valence-electron chi connectivity index (χ2n) is 4.54. The zero-order chi connectivity index (χ0) is 14.4. The number of amides is 2. The largest absolute Gasteiger partial charge is 0.268 e. The summed E-state index contributed by atoms with van der Waals surface area (Å²) in [6, 6.07) is 8.94. The number of hydrogen-bond donors (Lipinski definition) is 0. The highest BCUT2D eigenvalue weighted by molar-refractivity contribution is 6.35. The van der Waals surface area contributed by atoms with E-state index in [9.17, 15) is 14.0 Å². The van der Waals surface area contributed by atoms with E-state index in [4.69, 9.17) is 11.6 Å². The van der Waals surface area contributed by atoms with Gasteiger partial charge in [-0.05, 0) is 36.8 Å². The molecule has 3 nitrogen and oxygen atoms in total. The lowest BCUT2D eigenvalue weighted by Gasteiger charge is -2.16. The van der Waals surface area contributed by atoms with Crippen LogP contribution in [0.15, 0.2) is 36.4 Å². The van der Waals surface area contributed by atoms with Gasteiger partial charge in [0.2, 0.25) is 0 Å². The Balaban J connectivity index is 2.17. The van der Waals surface area contributed by atoms with Gasteiger partial charge in [-0.15, -0.1) is 0 Å². The first kappa shape index (κ1) is 12.8. The first-order chi connectivity index (χ1) is 9.50. The van der Waals surface area contributed by atoms with Crippen LogP contribution < -0.4 is 4.90 Å². The molecule has 0 bridgehead atoms. The van der Waals surface area contributed by atoms with Gasteiger partial charge in [0.15, 0.2) is 0 Å². The van der Waals surface area contributed by atoms with E-state index in [0.29, 0.717) is 5.56 Å². The fourth-order valence-electron chi connectivity index (χ4n) is 2.22. The first-order valence-corrected chi connectivity index (χ1v) is 6.32. The van der Waals surface area contributed by atoms with Crippen LogP contribution in [0.2, 0.25) is 5.02 Å². The molecule has 20 heavy (non-hydrogen) atoms. The van der Waals surface area contributed by atoms with E-state index in [2.05, 4.69) is 0 Å². The molecular weight excluding hydrogens is 281 g/mol. The summed E-state index contributed by atoms with van der Waals surface area (Å²) >= 11 is 5.83. The number of halogens is 2. The SMILES string of the molecule is Cc1cc(N2C(=O)c3ccccc3C2=O)c(F)cc1Cl. The summed E-state index contributed by atoms with van der Waals surface area (Å²) in [5, 5.41) is 0.253. The van der Waals surface area contributed by atoms with Crippen molar-refractivity contribution in [2.75, 3.05) is 4.90 Å². The first-order valence-electron chi connectivity index (χ1n) is 5.94. The molecule has 0 spiro atoms. The molecule has 2 aromatic carbocycles. The van der Waals surface area contributed by atoms with Crippen LogP contribution in [0.4, 0.5) is 10.1 Å². The van der Waals surface area contributed by atoms with Gasteiger partial charge in [-0.1, -0.05) is 23.7 Å². The van der Waals surface area contributed by atoms with Crippen molar-refractivity contribution in [1.82, 2.24) is 0 Å². The summed E-state index contributed by atoms with van der Waals surface area (Å²) < 4.78 is 14.0. The molecule has 1 heterocycles. The van der Waals surface area contributed by atoms with Gasteiger partial charge in [0, 0.05) is 5.02 Å². The van der Waals surface area contributed by atoms with Crippen molar-refractivity contribution in [3.05, 3.63) is 63.9 Å². The van der Waals surface area contributed by atoms with Gasteiger partial charge in [0.25, 0.3) is 11.8 Å². The second kappa shape index (κ2) is 4.42. The van der Waals surface area contributed by atoms with E-state index in [0.717, 1.165) is 11.0 Å². The third-order valence-corrected chi connectivity index (χ3v) is 3.67. The Morgan fingerprint density at radius 3 is 2.15 bits per heavy atom. The minimum atomic E-state index is -0.699. The maximum atomic E-state index is 14.0. The molecule has 2 amide bonds. The van der Waals surface area contributed by atoms with Crippen molar-refractivity contribution in [3.8, 4) is 0 Å². The number of carbonyl (C=O) groups excluding carboxylic acids is 2. The molecule has 1 aliphatic rings. The molecule has 100 valence electrons. The van der Waals surface area contributed by atoms with E-state index in [1.807, 2.05) is 0 Å². The lowest BCUT2D eigenvalue weighted by atomic mass is 10.1. The predicted octanol–water partition coefficient (Wildman–Crippen LogP) is 3.59. The third-order valence-electron chi connectivity index (χ3n) is 3.26. The summed E-state index contributed by atoms with van der Waals surface area (Å²) in [5.74, 6) is -1.74. The minimum absolute atomic E-state index is 0.0712. The molecule has 1 aliphatic heterocycles. The van der Waals surface area contributed by atoms with Gasteiger partial charge < -0.3 is 0 Å². The number of imide groups is 1. The summed E-state index contributed by atoms with van der Waals surface area (Å²) in [7, 11) is 0. The molecule has 0 aromatic heterocycles. The maximum Gasteiger partial charge on any atom is 0.266 e. The molecule has 0 radical (unpaired) electrons. The van der Waals surface area contributed by atoms with E-state index in [1.165, 1.54) is 6.07 Å². The molecule has 0 saturated heterocycles. The Morgan fingerprint density at radius 2 is 1.60 bits per heavy atom. The van der Waals surface area contributed by atoms with Gasteiger partial charge >= 0.3 is 0 Å². The van der Waals surface area contributed by atoms with Gasteiger partial charge in [-0.3, -0.25) is 9.59 Å². The molecule has 0 atom stereocenters. The number of nitrogens with zero attached hydrogens (tertiary/aromatic N) is 1. The highest BCUT2D eigenvalue weighted by Crippen LogP contribution is 2.32. The van der Waals surface area contributed by atoms with Crippen LogP contribution in [0.1, 0.15) is 26.3 Å². The van der Waals surface area contributed by atoms with E-state index in [1.54, 1.807) is 31.2 Å². The number of aryl methyl sites for hydroxylation is 1. The summed E-state index contributed by atoms with van der Waals surface area (Å²) in [5.41, 5.74) is 1.09. The summed E-state index contributed by atoms with van der Waals surface area (Å²) in [6.45, 7) is 1.68. The van der Waals surface area contributed by atoms with Gasteiger partial charge in [-0.25, -0.2) is 9.29 Å². The molecule has 0 aliphatic carbocycles. The predicted molar refractivity (Wildman–Crippen MR) is 73.7 cm³/mol. The average Bonchev–Trinajstić information content (AvgIpc) is 2.68. The fraction of sp³-hybridized carbons (Fsp3) is 0.0667. The van der Waals surface area contributed by atoms with E-state index in [-0.39, 0.29) is 21.8 Å². The lowest BCUT2D eigenvalue weighted by molar-refractivity contribution is 0.0925. The highest BCUT2D eigenvalue weighted by Gasteiger charge is 2.37. The van der Waals surface area contributed by atoms with E-state index >= 15 is 0 Å². The summed E-state index contributed by atoms with van der Waals surface area (Å²) in [4.78, 5) is 25.4. The lowest BCUT2D eigenvalue weighted by Crippen LogP contribution is -2.30. The third kappa shape index (κ3) is 1.72. The number of rotatable bonds is 1. The van der Waals surface area contributed by atoms with Crippen LogP contribution in [0, 0.1) is 12.7 Å². The zero-order valence-corrected chi connectivity index (χ0v) is 11.2. The second-order valence-corrected chi connectivity index (χ2v) is 4.95. The Bertz CT molecular complexity index is 723. The number of anilines is 1. The van der Waals surface area contributed by atoms with Crippen LogP contribution in [0.5, 0.6) is 0 Å². The number of fused-ring (bicyclic) bond motifs is 1. The van der Waals surface area contributed by atoms with Crippen molar-refractivity contribution in [1.29, 1.82) is 0 Å². The Labute approximate surface area is 119 Å². The molecule has 2 aromatic rings. The van der Waals surface area contributed by atoms with Crippen LogP contribution in [-0.4, -0.2) is 11.8 Å². The standard InChI is InChI=1S/C15H9ClFNO2/c1-8-6-13(12(17)7-11(8)16)18-14(19)9-4-2-3-5-10(9)15(18)20/h2-7H,1H3. The molecular formula is C15H9ClFNO2. The molecule has 5 heteroatoms. The Hall–Kier alpha value is -2.20. The van der Waals surface area contributed by atoms with Crippen molar-refractivity contribution >= 4 is 29.1 Å². The smallest absolute Gasteiger partial charge is 0.266 e. The van der Waals surface area contributed by atoms with Gasteiger partial charge in [0.05, 0.1) is 16.8 Å². The molecule has 0 fully saturated rings. The monoisotopic (exact) mass is 289 g/mol. The minimum Gasteiger partial charge on any atom is -0.268 e. The summed E-state index contributed by atoms with van der Waals surface area (Å²) in [6.07, 6.45) is 0. The topological polar surface area (TPSA) is 37.4 Å². The molecule has 0 saturated carbocycles. The van der Waals surface area contributed by atoms with Crippen LogP contribution >= 0.6 is 11.6 Å². The Morgan fingerprint density at radius 1 is 1.05 bits per heavy atom. The molecule has 0 N–H and O–H groups in total. The zero-order valence-electron chi connectivity index (χ0n) is 10.5. The van der Waals surface area contributed by atoms with Crippen molar-refractivity contribution in [2.24, 2.45) is 0 Å². The van der Waals surface area contributed by atoms with Gasteiger partial charge in [0.1, 0.15) is 5.82 Å². The van der Waals surface area contributed by atoms with Crippen molar-refractivity contribution in [3.63, 3.8) is 0 Å². The van der Waals surface area contributed by atoms with E-state index < -0.39 is 17.6 Å². The number of benzene rings is 2. The molecule has 0 unspecified atom stereocenters. The maximum absolute atomic E-state index is 14.0. The molecule has 3 rings (SSSR count). The highest BCUT2D eigenvalue weighted by atomic mass is 35.5. The van der Waals surface area contributed by atoms with Crippen LogP contribution in [0.3, 0.4) is 0 Å². The Kier molecular flexibility index (Phi) is 2.83. The normalized spacial score (nSPS) is 13.8. The quantitative estimate of drug-likeness (QED) is 0.752. The van der Waals surface area contributed by atoms with Crippen LogP contribution in [-0.2, 0) is 0 Å².